The number of methoxy groups -OCH3 is 2. The number of thiazole rings is 1. The quantitative estimate of drug-likeness (QED) is 0.0306. The Morgan fingerprint density at radius 2 is 0.924 bits per heavy atom. The van der Waals surface area contributed by atoms with Crippen molar-refractivity contribution in [3.05, 3.63) is 240 Å². The smallest absolute Gasteiger partial charge is 0.267 e. The zero-order valence-electron chi connectivity index (χ0n) is 63.2. The van der Waals surface area contributed by atoms with Crippen LogP contribution in [0.25, 0.3) is 78.4 Å². The lowest BCUT2D eigenvalue weighted by Gasteiger charge is -2.13. The Balaban J connectivity index is 0.000000147. The molecule has 0 radical (unpaired) electrons. The second kappa shape index (κ2) is 34.4. The van der Waals surface area contributed by atoms with Gasteiger partial charge in [0.25, 0.3) is 30.1 Å². The average molecular weight is 1710 g/mol. The number of hydrogen-bond donors (Lipinski definition) is 6. The van der Waals surface area contributed by atoms with Crippen LogP contribution >= 0.6 is 11.3 Å². The van der Waals surface area contributed by atoms with Gasteiger partial charge in [0.05, 0.1) is 70.3 Å². The first kappa shape index (κ1) is 82.7. The number of aliphatic hydroxyl groups is 1. The zero-order valence-corrected chi connectivity index (χ0v) is 66.5. The van der Waals surface area contributed by atoms with Crippen LogP contribution in [0.2, 0.25) is 0 Å². The van der Waals surface area contributed by atoms with Gasteiger partial charge in [-0.25, -0.2) is 110 Å². The average Bonchev–Trinajstić information content (AvgIpc) is 1.62. The van der Waals surface area contributed by atoms with E-state index in [-0.39, 0.29) is 51.5 Å². The minimum Gasteiger partial charge on any atom is -0.497 e. The Morgan fingerprint density at radius 1 is 0.487 bits per heavy atom. The molecule has 2 fully saturated rings. The molecule has 16 rings (SSSR count). The lowest BCUT2D eigenvalue weighted by Crippen LogP contribution is -2.18. The number of pyridine rings is 2. The number of aryl methyl sites for hydroxylation is 3. The van der Waals surface area contributed by atoms with Crippen LogP contribution in [0.15, 0.2) is 185 Å². The fraction of sp³-hybridized carbons (Fsp3) is 0.188. The molecular weight excluding hydrogens is 1640 g/mol. The monoisotopic (exact) mass is 1710 g/mol. The maximum Gasteiger partial charge on any atom is 0.267 e. The number of benzene rings is 6. The molecule has 119 heavy (non-hydrogen) atoms. The highest BCUT2D eigenvalue weighted by Gasteiger charge is 2.34. The summed E-state index contributed by atoms with van der Waals surface area (Å²) in [6.45, 7) is 4.17. The molecule has 0 unspecified atom stereocenters. The number of hydrogen-bond acceptors (Lipinski definition) is 22. The van der Waals surface area contributed by atoms with Gasteiger partial charge in [-0.15, -0.1) is 0 Å². The van der Waals surface area contributed by atoms with Gasteiger partial charge in [0.2, 0.25) is 11.9 Å². The molecule has 1 saturated carbocycles. The first-order valence-corrected chi connectivity index (χ1v) is 41.6. The Morgan fingerprint density at radius 3 is 1.40 bits per heavy atom. The molecule has 1 saturated heterocycles. The van der Waals surface area contributed by atoms with Crippen molar-refractivity contribution in [3.63, 3.8) is 0 Å². The molecule has 6 N–H and O–H groups in total. The van der Waals surface area contributed by atoms with Crippen LogP contribution in [-0.2, 0) is 36.5 Å². The summed E-state index contributed by atoms with van der Waals surface area (Å²) in [6.07, 6.45) is 12.9. The highest BCUT2D eigenvalue weighted by Crippen LogP contribution is 2.45. The van der Waals surface area contributed by atoms with E-state index in [0.717, 1.165) is 93.4 Å². The Labute approximate surface area is 678 Å². The first-order valence-electron chi connectivity index (χ1n) is 36.3. The predicted molar refractivity (Wildman–Crippen MR) is 429 cm³/mol. The van der Waals surface area contributed by atoms with Gasteiger partial charge in [-0.05, 0) is 148 Å². The summed E-state index contributed by atoms with van der Waals surface area (Å²) >= 11 is 1.34. The van der Waals surface area contributed by atoms with Crippen LogP contribution in [0.1, 0.15) is 49.1 Å². The molecule has 9 heterocycles. The third kappa shape index (κ3) is 17.3. The molecule has 8 aromatic heterocycles. The number of aromatic nitrogens is 11. The minimum atomic E-state index is -4.85. The number of sulfonamides is 3. The summed E-state index contributed by atoms with van der Waals surface area (Å²) in [4.78, 5) is 39.3. The van der Waals surface area contributed by atoms with Crippen molar-refractivity contribution in [3.8, 4) is 78.6 Å². The summed E-state index contributed by atoms with van der Waals surface area (Å²) in [5.74, 6) is -8.42. The van der Waals surface area contributed by atoms with E-state index in [4.69, 9.17) is 14.5 Å². The van der Waals surface area contributed by atoms with Gasteiger partial charge in [0.15, 0.2) is 37.3 Å². The van der Waals surface area contributed by atoms with Crippen molar-refractivity contribution in [2.45, 2.75) is 73.1 Å². The SMILES string of the molecule is CNc1nccc(-c2sc(N3CCCC3)nc2-c2cccc(NS(=O)(=O)c3c(F)cccc3F)c2F)n1.COc1ccn2c(-c3ccnc(CCCO)n3)c(-c3cccc(NS(=O)(=O)c4c(F)ccc(C)c4F)c3F)nc2c1.COc1ccn2c(-c3ccnc(NC4CC4)n3)c(-c3cccc(NS(=O)(=O)c4c(F)ccc(C)c4F)c3F)nc2c1. The van der Waals surface area contributed by atoms with Crippen molar-refractivity contribution in [2.75, 3.05) is 70.7 Å². The normalized spacial score (nSPS) is 12.9. The van der Waals surface area contributed by atoms with E-state index < -0.39 is 114 Å². The highest BCUT2D eigenvalue weighted by molar-refractivity contribution is 7.93. The van der Waals surface area contributed by atoms with Gasteiger partial charge < -0.3 is 30.1 Å². The molecule has 39 heteroatoms. The van der Waals surface area contributed by atoms with E-state index in [0.29, 0.717) is 97.9 Å². The Kier molecular flexibility index (Phi) is 23.9. The van der Waals surface area contributed by atoms with Gasteiger partial charge >= 0.3 is 0 Å². The summed E-state index contributed by atoms with van der Waals surface area (Å²) < 4.78 is 232. The first-order chi connectivity index (χ1) is 57.1. The Hall–Kier alpha value is -12.9. The molecule has 0 amide bonds. The van der Waals surface area contributed by atoms with E-state index in [9.17, 15) is 56.7 Å². The van der Waals surface area contributed by atoms with E-state index in [2.05, 4.69) is 55.4 Å². The van der Waals surface area contributed by atoms with E-state index in [1.165, 1.54) is 88.1 Å². The lowest BCUT2D eigenvalue weighted by atomic mass is 10.1. The second-order valence-electron chi connectivity index (χ2n) is 26.8. The van der Waals surface area contributed by atoms with Crippen molar-refractivity contribution < 1.29 is 79.3 Å². The van der Waals surface area contributed by atoms with Crippen LogP contribution in [0.4, 0.5) is 73.6 Å². The summed E-state index contributed by atoms with van der Waals surface area (Å²) in [5, 5.41) is 16.0. The standard InChI is InChI=1S/C28H23F3N6O3S.C28H24F3N5O4S.C24H21F3N6O2S2/c1-15-6-9-19(29)27(23(15)30)41(38,39)36-20-5-3-4-18(24(20)31)25-26(37-13-11-17(40-2)14-22(37)35-25)21-10-12-32-28(34-21)33-16-7-8-16;1-16-8-9-19(29)28(24(16)30)41(38,39)35-20-6-3-5-18(25(20)31)26-27(21-10-12-32-22(33-21)7-4-14-37)36-13-11-17(40-2)15-23(36)34-26;1-28-23-29-11-10-18(30-23)21-20(31-24(36-21)33-12-2-3-13-33)14-6-4-9-17(19(14)27)32-37(34,35)22-15(25)7-5-8-16(22)26/h3-6,9-14,16,36H,7-8H2,1-2H3,(H,32,33,34);3,5-6,8-13,15,35,37H,4,7,14H2,1-2H3;4-11,32H,2-3,12-13H2,1H3,(H,28,29,30). The molecule has 1 aliphatic heterocycles. The summed E-state index contributed by atoms with van der Waals surface area (Å²) in [7, 11) is -9.79. The number of imidazole rings is 2. The lowest BCUT2D eigenvalue weighted by molar-refractivity contribution is 0.287. The number of nitrogens with zero attached hydrogens (tertiary/aromatic N) is 12. The third-order valence-electron chi connectivity index (χ3n) is 18.8. The van der Waals surface area contributed by atoms with Crippen LogP contribution in [0, 0.1) is 66.2 Å². The number of anilines is 6. The van der Waals surface area contributed by atoms with Gasteiger partial charge in [-0.2, -0.15) is 0 Å². The van der Waals surface area contributed by atoms with Gasteiger partial charge in [0, 0.05) is 99.0 Å². The van der Waals surface area contributed by atoms with Crippen LogP contribution in [-0.4, -0.2) is 131 Å². The van der Waals surface area contributed by atoms with Crippen molar-refractivity contribution >= 4 is 86.8 Å². The molecular formula is C80H68F9N17O9S4. The molecule has 0 bridgehead atoms. The van der Waals surface area contributed by atoms with E-state index in [1.54, 1.807) is 83.1 Å². The maximum absolute atomic E-state index is 16.1. The topological polar surface area (TPSA) is 329 Å². The minimum absolute atomic E-state index is 0.00974. The number of aliphatic hydroxyl groups excluding tert-OH is 1. The number of nitrogens with one attached hydrogen (secondary N) is 5. The molecule has 0 spiro atoms. The van der Waals surface area contributed by atoms with E-state index in [1.807, 2.05) is 14.2 Å². The molecule has 6 aromatic carbocycles. The third-order valence-corrected chi connectivity index (χ3v) is 24.1. The molecule has 2 aliphatic rings. The van der Waals surface area contributed by atoms with Gasteiger partial charge in [-0.3, -0.25) is 23.0 Å². The fourth-order valence-corrected chi connectivity index (χ4v) is 17.6. The highest BCUT2D eigenvalue weighted by atomic mass is 32.2. The largest absolute Gasteiger partial charge is 0.497 e. The maximum atomic E-state index is 16.1. The molecule has 0 atom stereocenters. The van der Waals surface area contributed by atoms with Crippen LogP contribution < -0.4 is 39.2 Å². The predicted octanol–water partition coefficient (Wildman–Crippen LogP) is 15.6. The number of fused-ring (bicyclic) bond motifs is 2. The molecule has 14 aromatic rings. The summed E-state index contributed by atoms with van der Waals surface area (Å²) in [6, 6.07) is 30.5. The van der Waals surface area contributed by atoms with Crippen molar-refractivity contribution in [1.82, 2.24) is 53.7 Å². The van der Waals surface area contributed by atoms with E-state index >= 15 is 13.2 Å². The zero-order chi connectivity index (χ0) is 84.4. The van der Waals surface area contributed by atoms with Crippen LogP contribution in [0.3, 0.4) is 0 Å². The van der Waals surface area contributed by atoms with Crippen molar-refractivity contribution in [2.24, 2.45) is 0 Å². The number of ether oxygens (including phenoxy) is 2. The number of halogens is 9. The fourth-order valence-electron chi connectivity index (χ4n) is 12.8. The molecule has 1 aliphatic carbocycles. The molecule has 614 valence electrons. The number of rotatable bonds is 24. The second-order valence-corrected chi connectivity index (χ2v) is 32.7. The molecule has 26 nitrogen and oxygen atoms in total. The van der Waals surface area contributed by atoms with Crippen LogP contribution in [0.5, 0.6) is 11.5 Å². The van der Waals surface area contributed by atoms with Gasteiger partial charge in [0.1, 0.15) is 74.9 Å². The van der Waals surface area contributed by atoms with Gasteiger partial charge in [-0.1, -0.05) is 47.7 Å². The Bertz CT molecular complexity index is 6600. The summed E-state index contributed by atoms with van der Waals surface area (Å²) in [5.41, 5.74) is 1.65. The van der Waals surface area contributed by atoms with Crippen molar-refractivity contribution in [1.29, 1.82) is 0 Å².